The molecule has 30 heavy (non-hydrogen) atoms. The minimum atomic E-state index is -0.687. The molecule has 6 heteroatoms. The highest BCUT2D eigenvalue weighted by Crippen LogP contribution is 2.40. The first-order valence-corrected chi connectivity index (χ1v) is 9.87. The molecule has 0 saturated carbocycles. The van der Waals surface area contributed by atoms with Gasteiger partial charge in [0, 0.05) is 5.56 Å². The third-order valence-electron chi connectivity index (χ3n) is 5.64. The van der Waals surface area contributed by atoms with E-state index in [1.54, 1.807) is 42.5 Å². The SMILES string of the molecule is CC1C=CCC2C(=O)N(c3cccc(C(=O)OCC(=O)c4ccccc4)c3)C(=O)C12. The molecule has 1 saturated heterocycles. The van der Waals surface area contributed by atoms with E-state index in [1.807, 2.05) is 19.1 Å². The molecular weight excluding hydrogens is 382 g/mol. The third-order valence-corrected chi connectivity index (χ3v) is 5.64. The molecule has 0 aromatic heterocycles. The van der Waals surface area contributed by atoms with Crippen LogP contribution in [0.25, 0.3) is 0 Å². The molecule has 2 aliphatic rings. The molecule has 3 atom stereocenters. The Labute approximate surface area is 174 Å². The summed E-state index contributed by atoms with van der Waals surface area (Å²) in [5.41, 5.74) is 0.975. The van der Waals surface area contributed by atoms with E-state index in [9.17, 15) is 19.2 Å². The lowest BCUT2D eigenvalue weighted by molar-refractivity contribution is -0.122. The van der Waals surface area contributed by atoms with E-state index in [-0.39, 0.29) is 47.5 Å². The van der Waals surface area contributed by atoms with E-state index in [0.29, 0.717) is 17.7 Å². The zero-order valence-corrected chi connectivity index (χ0v) is 16.5. The van der Waals surface area contributed by atoms with Crippen LogP contribution in [0.2, 0.25) is 0 Å². The Morgan fingerprint density at radius 1 is 1.00 bits per heavy atom. The van der Waals surface area contributed by atoms with Gasteiger partial charge in [-0.15, -0.1) is 0 Å². The second kappa shape index (κ2) is 8.06. The van der Waals surface area contributed by atoms with Gasteiger partial charge in [-0.25, -0.2) is 4.79 Å². The van der Waals surface area contributed by atoms with Gasteiger partial charge in [-0.05, 0) is 30.5 Å². The summed E-state index contributed by atoms with van der Waals surface area (Å²) >= 11 is 0. The largest absolute Gasteiger partial charge is 0.454 e. The number of Topliss-reactive ketones (excluding diaryl/α,β-unsaturated/α-hetero) is 1. The van der Waals surface area contributed by atoms with Crippen molar-refractivity contribution in [3.8, 4) is 0 Å². The van der Waals surface area contributed by atoms with Crippen molar-refractivity contribution in [3.05, 3.63) is 77.9 Å². The predicted octanol–water partition coefficient (Wildman–Crippen LogP) is 3.43. The smallest absolute Gasteiger partial charge is 0.338 e. The van der Waals surface area contributed by atoms with Gasteiger partial charge >= 0.3 is 5.97 Å². The first-order chi connectivity index (χ1) is 14.5. The molecule has 2 aromatic carbocycles. The van der Waals surface area contributed by atoms with Crippen molar-refractivity contribution in [2.75, 3.05) is 11.5 Å². The average molecular weight is 403 g/mol. The Hall–Kier alpha value is -3.54. The van der Waals surface area contributed by atoms with E-state index >= 15 is 0 Å². The number of imide groups is 1. The molecule has 2 aromatic rings. The number of hydrogen-bond acceptors (Lipinski definition) is 5. The van der Waals surface area contributed by atoms with E-state index < -0.39 is 5.97 Å². The summed E-state index contributed by atoms with van der Waals surface area (Å²) in [6.45, 7) is 1.54. The second-order valence-electron chi connectivity index (χ2n) is 7.58. The molecule has 0 N–H and O–H groups in total. The van der Waals surface area contributed by atoms with Crippen LogP contribution in [0.4, 0.5) is 5.69 Å². The van der Waals surface area contributed by atoms with Crippen molar-refractivity contribution < 1.29 is 23.9 Å². The van der Waals surface area contributed by atoms with Crippen LogP contribution in [0.5, 0.6) is 0 Å². The Morgan fingerprint density at radius 3 is 2.47 bits per heavy atom. The van der Waals surface area contributed by atoms with Gasteiger partial charge in [0.15, 0.2) is 12.4 Å². The summed E-state index contributed by atoms with van der Waals surface area (Å²) in [7, 11) is 0. The molecule has 0 radical (unpaired) electrons. The Bertz CT molecular complexity index is 1040. The van der Waals surface area contributed by atoms with Gasteiger partial charge < -0.3 is 4.74 Å². The van der Waals surface area contributed by atoms with Crippen molar-refractivity contribution >= 4 is 29.3 Å². The predicted molar refractivity (Wildman–Crippen MR) is 110 cm³/mol. The van der Waals surface area contributed by atoms with Crippen molar-refractivity contribution in [3.63, 3.8) is 0 Å². The standard InChI is InChI=1S/C24H21NO5/c1-15-7-5-12-19-21(15)23(28)25(22(19)27)18-11-6-10-17(13-18)24(29)30-14-20(26)16-8-3-2-4-9-16/h2-11,13,15,19,21H,12,14H2,1H3. The molecular formula is C24H21NO5. The van der Waals surface area contributed by atoms with Crippen LogP contribution in [0.3, 0.4) is 0 Å². The molecule has 2 amide bonds. The van der Waals surface area contributed by atoms with Gasteiger partial charge in [0.1, 0.15) is 0 Å². The number of ketones is 1. The Kier molecular flexibility index (Phi) is 5.31. The highest BCUT2D eigenvalue weighted by molar-refractivity contribution is 6.22. The molecule has 1 fully saturated rings. The normalized spacial score (nSPS) is 22.7. The summed E-state index contributed by atoms with van der Waals surface area (Å²) in [4.78, 5) is 51.5. The number of esters is 1. The van der Waals surface area contributed by atoms with Gasteiger partial charge in [0.2, 0.25) is 11.8 Å². The molecule has 152 valence electrons. The average Bonchev–Trinajstić information content (AvgIpc) is 3.03. The topological polar surface area (TPSA) is 80.8 Å². The highest BCUT2D eigenvalue weighted by Gasteiger charge is 2.50. The Balaban J connectivity index is 1.49. The number of anilines is 1. The number of amides is 2. The summed E-state index contributed by atoms with van der Waals surface area (Å²) < 4.78 is 5.14. The van der Waals surface area contributed by atoms with Gasteiger partial charge in [0.25, 0.3) is 0 Å². The monoisotopic (exact) mass is 403 g/mol. The quantitative estimate of drug-likeness (QED) is 0.331. The van der Waals surface area contributed by atoms with Gasteiger partial charge in [-0.1, -0.05) is 55.5 Å². The maximum atomic E-state index is 12.9. The fourth-order valence-corrected chi connectivity index (χ4v) is 4.10. The Morgan fingerprint density at radius 2 is 1.73 bits per heavy atom. The molecule has 1 heterocycles. The minimum Gasteiger partial charge on any atom is -0.454 e. The van der Waals surface area contributed by atoms with Crippen molar-refractivity contribution in [1.82, 2.24) is 0 Å². The molecule has 1 aliphatic carbocycles. The molecule has 1 aliphatic heterocycles. The summed E-state index contributed by atoms with van der Waals surface area (Å²) in [5, 5.41) is 0. The third kappa shape index (κ3) is 3.56. The molecule has 4 rings (SSSR count). The van der Waals surface area contributed by atoms with Crippen LogP contribution in [-0.4, -0.2) is 30.2 Å². The molecule has 0 spiro atoms. The first kappa shape index (κ1) is 19.8. The number of hydrogen-bond donors (Lipinski definition) is 0. The number of fused-ring (bicyclic) bond motifs is 1. The number of carbonyl (C=O) groups is 4. The van der Waals surface area contributed by atoms with Gasteiger partial charge in [-0.3, -0.25) is 19.3 Å². The lowest BCUT2D eigenvalue weighted by atomic mass is 9.78. The number of benzene rings is 2. The van der Waals surface area contributed by atoms with Crippen LogP contribution >= 0.6 is 0 Å². The van der Waals surface area contributed by atoms with Crippen LogP contribution in [0, 0.1) is 17.8 Å². The van der Waals surface area contributed by atoms with Crippen LogP contribution in [-0.2, 0) is 14.3 Å². The summed E-state index contributed by atoms with van der Waals surface area (Å²) in [5.74, 6) is -2.23. The number of carbonyl (C=O) groups excluding carboxylic acids is 4. The summed E-state index contributed by atoms with van der Waals surface area (Å²) in [6, 6.07) is 14.8. The molecule has 0 bridgehead atoms. The van der Waals surface area contributed by atoms with E-state index in [2.05, 4.69) is 0 Å². The van der Waals surface area contributed by atoms with E-state index in [0.717, 1.165) is 0 Å². The maximum absolute atomic E-state index is 12.9. The lowest BCUT2D eigenvalue weighted by Crippen LogP contribution is -2.31. The zero-order chi connectivity index (χ0) is 21.3. The van der Waals surface area contributed by atoms with Crippen LogP contribution in [0.1, 0.15) is 34.1 Å². The van der Waals surface area contributed by atoms with Gasteiger partial charge in [-0.2, -0.15) is 0 Å². The fourth-order valence-electron chi connectivity index (χ4n) is 4.10. The maximum Gasteiger partial charge on any atom is 0.338 e. The number of ether oxygens (including phenoxy) is 1. The van der Waals surface area contributed by atoms with E-state index in [4.69, 9.17) is 4.74 Å². The van der Waals surface area contributed by atoms with Crippen molar-refractivity contribution in [2.45, 2.75) is 13.3 Å². The second-order valence-corrected chi connectivity index (χ2v) is 7.58. The highest BCUT2D eigenvalue weighted by atomic mass is 16.5. The molecule has 3 unspecified atom stereocenters. The number of nitrogens with zero attached hydrogens (tertiary/aromatic N) is 1. The van der Waals surface area contributed by atoms with Crippen LogP contribution < -0.4 is 4.90 Å². The summed E-state index contributed by atoms with van der Waals surface area (Å²) in [6.07, 6.45) is 4.45. The number of allylic oxidation sites excluding steroid dienone is 2. The van der Waals surface area contributed by atoms with Crippen molar-refractivity contribution in [1.29, 1.82) is 0 Å². The van der Waals surface area contributed by atoms with E-state index in [1.165, 1.54) is 17.0 Å². The first-order valence-electron chi connectivity index (χ1n) is 9.87. The number of rotatable bonds is 5. The fraction of sp³-hybridized carbons (Fsp3) is 0.250. The zero-order valence-electron chi connectivity index (χ0n) is 16.5. The lowest BCUT2D eigenvalue weighted by Gasteiger charge is -2.22. The minimum absolute atomic E-state index is 0.0117. The van der Waals surface area contributed by atoms with Crippen molar-refractivity contribution in [2.24, 2.45) is 17.8 Å². The molecule has 6 nitrogen and oxygen atoms in total. The van der Waals surface area contributed by atoms with Crippen LogP contribution in [0.15, 0.2) is 66.7 Å². The van der Waals surface area contributed by atoms with Gasteiger partial charge in [0.05, 0.1) is 23.1 Å².